The molecule has 0 fully saturated rings. The van der Waals surface area contributed by atoms with Crippen LogP contribution in [-0.4, -0.2) is 22.1 Å². The molecule has 0 radical (unpaired) electrons. The maximum absolute atomic E-state index is 12.2. The predicted molar refractivity (Wildman–Crippen MR) is 105 cm³/mol. The molecule has 136 valence electrons. The highest BCUT2D eigenvalue weighted by Crippen LogP contribution is 2.28. The molecule has 4 heteroatoms. The molecular weight excluding hydrogens is 324 g/mol. The molecule has 3 aromatic rings. The maximum Gasteiger partial charge on any atom is 0.326 e. The lowest BCUT2D eigenvalue weighted by Crippen LogP contribution is -2.15. The summed E-state index contributed by atoms with van der Waals surface area (Å²) in [5.74, 6) is 0.558. The van der Waals surface area contributed by atoms with Gasteiger partial charge in [-0.2, -0.15) is 0 Å². The molecule has 0 unspecified atom stereocenters. The van der Waals surface area contributed by atoms with Gasteiger partial charge in [0.25, 0.3) is 0 Å². The quantitative estimate of drug-likeness (QED) is 0.611. The molecule has 26 heavy (non-hydrogen) atoms. The van der Waals surface area contributed by atoms with Crippen LogP contribution in [0.15, 0.2) is 48.5 Å². The van der Waals surface area contributed by atoms with Crippen LogP contribution in [0.2, 0.25) is 0 Å². The molecule has 0 bridgehead atoms. The standard InChI is InChI=1S/C22H26N2O2/c1-5-14-26-20(25)15-24-19-9-7-6-8-18(19)23-21(24)16-10-12-17(13-11-16)22(2,3)4/h6-13H,5,14-15H2,1-4H3. The monoisotopic (exact) mass is 350 g/mol. The zero-order chi connectivity index (χ0) is 18.7. The first kappa shape index (κ1) is 18.2. The fourth-order valence-electron chi connectivity index (χ4n) is 2.97. The molecule has 3 rings (SSSR count). The first-order chi connectivity index (χ1) is 12.4. The highest BCUT2D eigenvalue weighted by molar-refractivity contribution is 5.83. The molecule has 0 aliphatic heterocycles. The normalized spacial score (nSPS) is 11.7. The highest BCUT2D eigenvalue weighted by atomic mass is 16.5. The minimum absolute atomic E-state index is 0.0998. The zero-order valence-corrected chi connectivity index (χ0v) is 16.0. The van der Waals surface area contributed by atoms with Crippen LogP contribution in [0.1, 0.15) is 39.7 Å². The molecule has 1 aromatic heterocycles. The van der Waals surface area contributed by atoms with E-state index in [1.807, 2.05) is 35.8 Å². The van der Waals surface area contributed by atoms with E-state index in [9.17, 15) is 4.79 Å². The van der Waals surface area contributed by atoms with E-state index < -0.39 is 0 Å². The van der Waals surface area contributed by atoms with Gasteiger partial charge in [0.2, 0.25) is 0 Å². The van der Waals surface area contributed by atoms with Gasteiger partial charge in [-0.15, -0.1) is 0 Å². The third-order valence-corrected chi connectivity index (χ3v) is 4.42. The fourth-order valence-corrected chi connectivity index (χ4v) is 2.97. The lowest BCUT2D eigenvalue weighted by molar-refractivity contribution is -0.144. The number of carbonyl (C=O) groups excluding carboxylic acids is 1. The average molecular weight is 350 g/mol. The van der Waals surface area contributed by atoms with Gasteiger partial charge in [0.1, 0.15) is 12.4 Å². The summed E-state index contributed by atoms with van der Waals surface area (Å²) in [6.45, 7) is 9.18. The summed E-state index contributed by atoms with van der Waals surface area (Å²) in [4.78, 5) is 17.0. The smallest absolute Gasteiger partial charge is 0.326 e. The molecule has 1 heterocycles. The second-order valence-electron chi connectivity index (χ2n) is 7.56. The van der Waals surface area contributed by atoms with Crippen molar-refractivity contribution in [2.75, 3.05) is 6.61 Å². The van der Waals surface area contributed by atoms with Gasteiger partial charge in [-0.25, -0.2) is 4.98 Å². The Labute approximate surface area is 154 Å². The van der Waals surface area contributed by atoms with Crippen molar-refractivity contribution in [3.8, 4) is 11.4 Å². The predicted octanol–water partition coefficient (Wildman–Crippen LogP) is 4.95. The number of hydrogen-bond acceptors (Lipinski definition) is 3. The topological polar surface area (TPSA) is 44.1 Å². The summed E-state index contributed by atoms with van der Waals surface area (Å²) in [5, 5.41) is 0. The van der Waals surface area contributed by atoms with Crippen molar-refractivity contribution in [3.05, 3.63) is 54.1 Å². The second kappa shape index (κ2) is 7.32. The van der Waals surface area contributed by atoms with Crippen LogP contribution < -0.4 is 0 Å². The van der Waals surface area contributed by atoms with Crippen molar-refractivity contribution in [2.45, 2.75) is 46.1 Å². The second-order valence-corrected chi connectivity index (χ2v) is 7.56. The summed E-state index contributed by atoms with van der Waals surface area (Å²) < 4.78 is 7.22. The van der Waals surface area contributed by atoms with E-state index in [2.05, 4.69) is 45.0 Å². The van der Waals surface area contributed by atoms with E-state index in [1.54, 1.807) is 0 Å². The highest BCUT2D eigenvalue weighted by Gasteiger charge is 2.17. The van der Waals surface area contributed by atoms with Crippen molar-refractivity contribution in [2.24, 2.45) is 0 Å². The molecule has 4 nitrogen and oxygen atoms in total. The first-order valence-electron chi connectivity index (χ1n) is 9.12. The first-order valence-corrected chi connectivity index (χ1v) is 9.12. The van der Waals surface area contributed by atoms with Crippen LogP contribution in [0.3, 0.4) is 0 Å². The Kier molecular flexibility index (Phi) is 5.12. The number of ether oxygens (including phenoxy) is 1. The lowest BCUT2D eigenvalue weighted by atomic mass is 9.87. The van der Waals surface area contributed by atoms with Gasteiger partial charge < -0.3 is 9.30 Å². The van der Waals surface area contributed by atoms with E-state index in [1.165, 1.54) is 5.56 Å². The minimum Gasteiger partial charge on any atom is -0.464 e. The molecule has 0 atom stereocenters. The minimum atomic E-state index is -0.234. The average Bonchev–Trinajstić information content (AvgIpc) is 2.98. The van der Waals surface area contributed by atoms with Crippen molar-refractivity contribution in [3.63, 3.8) is 0 Å². The van der Waals surface area contributed by atoms with E-state index in [-0.39, 0.29) is 17.9 Å². The number of carbonyl (C=O) groups is 1. The number of para-hydroxylation sites is 2. The number of benzene rings is 2. The van der Waals surface area contributed by atoms with Crippen LogP contribution >= 0.6 is 0 Å². The van der Waals surface area contributed by atoms with Gasteiger partial charge in [0.05, 0.1) is 17.6 Å². The Morgan fingerprint density at radius 3 is 2.42 bits per heavy atom. The Morgan fingerprint density at radius 1 is 1.08 bits per heavy atom. The zero-order valence-electron chi connectivity index (χ0n) is 16.0. The van der Waals surface area contributed by atoms with Gasteiger partial charge in [-0.05, 0) is 29.5 Å². The Bertz CT molecular complexity index is 902. The molecule has 0 amide bonds. The summed E-state index contributed by atoms with van der Waals surface area (Å²) in [6.07, 6.45) is 0.817. The third-order valence-electron chi connectivity index (χ3n) is 4.42. The van der Waals surface area contributed by atoms with Crippen molar-refractivity contribution < 1.29 is 9.53 Å². The Hall–Kier alpha value is -2.62. The van der Waals surface area contributed by atoms with Crippen molar-refractivity contribution in [1.29, 1.82) is 0 Å². The van der Waals surface area contributed by atoms with E-state index in [0.29, 0.717) is 6.61 Å². The molecule has 0 saturated carbocycles. The summed E-state index contributed by atoms with van der Waals surface area (Å²) in [6, 6.07) is 16.3. The van der Waals surface area contributed by atoms with Gasteiger partial charge in [-0.3, -0.25) is 4.79 Å². The fraction of sp³-hybridized carbons (Fsp3) is 0.364. The summed E-state index contributed by atoms with van der Waals surface area (Å²) in [7, 11) is 0. The van der Waals surface area contributed by atoms with Gasteiger partial charge >= 0.3 is 5.97 Å². The van der Waals surface area contributed by atoms with Gasteiger partial charge in [-0.1, -0.05) is 64.1 Å². The number of aromatic nitrogens is 2. The number of hydrogen-bond donors (Lipinski definition) is 0. The van der Waals surface area contributed by atoms with Crippen LogP contribution in [0.5, 0.6) is 0 Å². The number of imidazole rings is 1. The molecule has 0 saturated heterocycles. The number of nitrogens with zero attached hydrogens (tertiary/aromatic N) is 2. The number of rotatable bonds is 5. The molecule has 0 aliphatic rings. The molecule has 0 aliphatic carbocycles. The van der Waals surface area contributed by atoms with Crippen LogP contribution in [0.25, 0.3) is 22.4 Å². The van der Waals surface area contributed by atoms with Crippen LogP contribution in [0.4, 0.5) is 0 Å². The van der Waals surface area contributed by atoms with Crippen molar-refractivity contribution in [1.82, 2.24) is 9.55 Å². The number of fused-ring (bicyclic) bond motifs is 1. The largest absolute Gasteiger partial charge is 0.464 e. The van der Waals surface area contributed by atoms with Crippen molar-refractivity contribution >= 4 is 17.0 Å². The molecule has 2 aromatic carbocycles. The van der Waals surface area contributed by atoms with Crippen LogP contribution in [-0.2, 0) is 21.5 Å². The van der Waals surface area contributed by atoms with Gasteiger partial charge in [0.15, 0.2) is 0 Å². The molecule has 0 spiro atoms. The Morgan fingerprint density at radius 2 is 1.77 bits per heavy atom. The van der Waals surface area contributed by atoms with Gasteiger partial charge in [0, 0.05) is 5.56 Å². The summed E-state index contributed by atoms with van der Waals surface area (Å²) >= 11 is 0. The van der Waals surface area contributed by atoms with E-state index in [4.69, 9.17) is 9.72 Å². The molecule has 0 N–H and O–H groups in total. The summed E-state index contributed by atoms with van der Waals surface area (Å²) in [5.41, 5.74) is 4.19. The SMILES string of the molecule is CCCOC(=O)Cn1c(-c2ccc(C(C)(C)C)cc2)nc2ccccc21. The Balaban J connectivity index is 2.02. The van der Waals surface area contributed by atoms with Crippen LogP contribution in [0, 0.1) is 0 Å². The lowest BCUT2D eigenvalue weighted by Gasteiger charge is -2.19. The van der Waals surface area contributed by atoms with E-state index >= 15 is 0 Å². The maximum atomic E-state index is 12.2. The van der Waals surface area contributed by atoms with E-state index in [0.717, 1.165) is 28.8 Å². The molecular formula is C22H26N2O2. The number of esters is 1. The third kappa shape index (κ3) is 3.79.